The Morgan fingerprint density at radius 2 is 2.04 bits per heavy atom. The first-order valence-electron chi connectivity index (χ1n) is 8.94. The van der Waals surface area contributed by atoms with E-state index in [1.54, 1.807) is 0 Å². The van der Waals surface area contributed by atoms with E-state index in [9.17, 15) is 4.79 Å². The van der Waals surface area contributed by atoms with Crippen LogP contribution in [0.15, 0.2) is 36.9 Å². The number of H-pyrrole nitrogens is 1. The Morgan fingerprint density at radius 3 is 2.72 bits per heavy atom. The van der Waals surface area contributed by atoms with Crippen molar-refractivity contribution in [3.8, 4) is 0 Å². The van der Waals surface area contributed by atoms with Gasteiger partial charge in [-0.25, -0.2) is 0 Å². The number of nitrogens with one attached hydrogen (secondary N) is 2. The van der Waals surface area contributed by atoms with Gasteiger partial charge in [-0.2, -0.15) is 0 Å². The van der Waals surface area contributed by atoms with Crippen molar-refractivity contribution in [3.05, 3.63) is 48.2 Å². The van der Waals surface area contributed by atoms with Gasteiger partial charge in [0, 0.05) is 44.8 Å². The molecule has 0 radical (unpaired) electrons. The minimum Gasteiger partial charge on any atom is -0.358 e. The molecule has 132 valence electrons. The van der Waals surface area contributed by atoms with Crippen molar-refractivity contribution < 1.29 is 4.79 Å². The molecule has 4 rings (SSSR count). The summed E-state index contributed by atoms with van der Waals surface area (Å²) in [5.41, 5.74) is 3.44. The molecule has 0 unspecified atom stereocenters. The Kier molecular flexibility index (Phi) is 3.59. The Labute approximate surface area is 153 Å². The maximum absolute atomic E-state index is 11.5. The molecular formula is C21H25ClN2O. The van der Waals surface area contributed by atoms with Crippen LogP contribution >= 0.6 is 11.6 Å². The van der Waals surface area contributed by atoms with E-state index in [1.165, 1.54) is 16.6 Å². The van der Waals surface area contributed by atoms with Crippen molar-refractivity contribution in [2.45, 2.75) is 49.9 Å². The zero-order valence-electron chi connectivity index (χ0n) is 15.0. The lowest BCUT2D eigenvalue weighted by Crippen LogP contribution is -2.57. The Bertz CT molecular complexity index is 855. The standard InChI is InChI=1S/C21H25ClN2O/c1-5-21(4)15(22)10-13-17(19(21)23-11-25)16-12-8-6-7-9-14(12)24-18(16)20(13,2)3/h5-9,11,13,15,17,19,24H,1,10H2,2-4H3,(H,23,25)/t13-,15+,17-,19-,21+/m1/s1. The number of para-hydroxylation sites is 1. The predicted molar refractivity (Wildman–Crippen MR) is 103 cm³/mol. The summed E-state index contributed by atoms with van der Waals surface area (Å²) in [6.45, 7) is 10.8. The molecule has 0 spiro atoms. The second-order valence-corrected chi connectivity index (χ2v) is 8.88. The van der Waals surface area contributed by atoms with Crippen LogP contribution < -0.4 is 5.32 Å². The summed E-state index contributed by atoms with van der Waals surface area (Å²) in [7, 11) is 0. The normalized spacial score (nSPS) is 35.8. The molecule has 1 aromatic heterocycles. The van der Waals surface area contributed by atoms with Crippen molar-refractivity contribution in [2.24, 2.45) is 11.3 Å². The van der Waals surface area contributed by atoms with E-state index in [0.29, 0.717) is 5.92 Å². The monoisotopic (exact) mass is 356 g/mol. The van der Waals surface area contributed by atoms with E-state index in [4.69, 9.17) is 11.6 Å². The fourth-order valence-electron chi connectivity index (χ4n) is 5.36. The number of halogens is 1. The third-order valence-corrected chi connectivity index (χ3v) is 7.59. The van der Waals surface area contributed by atoms with Gasteiger partial charge in [-0.05, 0) is 24.0 Å². The van der Waals surface area contributed by atoms with Crippen molar-refractivity contribution in [2.75, 3.05) is 0 Å². The molecule has 2 aromatic rings. The second kappa shape index (κ2) is 5.38. The molecule has 1 saturated carbocycles. The summed E-state index contributed by atoms with van der Waals surface area (Å²) in [5.74, 6) is 0.607. The Morgan fingerprint density at radius 1 is 1.32 bits per heavy atom. The number of carbonyl (C=O) groups is 1. The number of carbonyl (C=O) groups excluding carboxylic acids is 1. The maximum atomic E-state index is 11.5. The molecule has 0 bridgehead atoms. The molecule has 4 heteroatoms. The highest BCUT2D eigenvalue weighted by atomic mass is 35.5. The fourth-order valence-corrected chi connectivity index (χ4v) is 5.78. The summed E-state index contributed by atoms with van der Waals surface area (Å²) in [4.78, 5) is 15.1. The molecular weight excluding hydrogens is 332 g/mol. The van der Waals surface area contributed by atoms with Crippen LogP contribution in [0.3, 0.4) is 0 Å². The first kappa shape index (κ1) is 16.7. The average Bonchev–Trinajstić information content (AvgIpc) is 3.07. The lowest BCUT2D eigenvalue weighted by molar-refractivity contribution is -0.111. The minimum atomic E-state index is -0.348. The van der Waals surface area contributed by atoms with E-state index in [0.717, 1.165) is 18.3 Å². The van der Waals surface area contributed by atoms with Gasteiger partial charge in [0.05, 0.1) is 0 Å². The summed E-state index contributed by atoms with van der Waals surface area (Å²) in [5, 5.41) is 4.31. The maximum Gasteiger partial charge on any atom is 0.207 e. The largest absolute Gasteiger partial charge is 0.358 e. The third kappa shape index (κ3) is 2.02. The summed E-state index contributed by atoms with van der Waals surface area (Å²) in [6, 6.07) is 8.38. The van der Waals surface area contributed by atoms with Crippen LogP contribution in [-0.4, -0.2) is 22.8 Å². The van der Waals surface area contributed by atoms with Gasteiger partial charge in [0.15, 0.2) is 0 Å². The SMILES string of the molecule is C=C[C@]1(C)[C@H](NC=O)[C@H]2c3c([nH]c4ccccc34)C(C)(C)[C@@H]2C[C@@H]1Cl. The Balaban J connectivity index is 1.98. The van der Waals surface area contributed by atoms with Gasteiger partial charge in [0.2, 0.25) is 6.41 Å². The lowest BCUT2D eigenvalue weighted by Gasteiger charge is -2.51. The van der Waals surface area contributed by atoms with Gasteiger partial charge in [0.25, 0.3) is 0 Å². The Hall–Kier alpha value is -1.74. The van der Waals surface area contributed by atoms with Gasteiger partial charge < -0.3 is 10.3 Å². The number of aromatic nitrogens is 1. The molecule has 0 saturated heterocycles. The van der Waals surface area contributed by atoms with E-state index >= 15 is 0 Å². The topological polar surface area (TPSA) is 44.9 Å². The van der Waals surface area contributed by atoms with Crippen LogP contribution in [0.4, 0.5) is 0 Å². The highest BCUT2D eigenvalue weighted by molar-refractivity contribution is 6.21. The number of amides is 1. The van der Waals surface area contributed by atoms with Gasteiger partial charge in [-0.1, -0.05) is 45.0 Å². The van der Waals surface area contributed by atoms with Crippen LogP contribution in [0.1, 0.15) is 44.4 Å². The number of alkyl halides is 1. The number of fused-ring (bicyclic) bond motifs is 5. The predicted octanol–water partition coefficient (Wildman–Crippen LogP) is 4.48. The molecule has 1 fully saturated rings. The van der Waals surface area contributed by atoms with E-state index in [2.05, 4.69) is 61.9 Å². The average molecular weight is 357 g/mol. The number of benzene rings is 1. The highest BCUT2D eigenvalue weighted by Crippen LogP contribution is 2.62. The number of rotatable bonds is 3. The third-order valence-electron chi connectivity index (χ3n) is 6.94. The second-order valence-electron chi connectivity index (χ2n) is 8.35. The molecule has 5 atom stereocenters. The van der Waals surface area contributed by atoms with Crippen LogP contribution in [0.2, 0.25) is 0 Å². The minimum absolute atomic E-state index is 0.0164. The molecule has 1 amide bonds. The molecule has 25 heavy (non-hydrogen) atoms. The van der Waals surface area contributed by atoms with E-state index in [-0.39, 0.29) is 28.2 Å². The van der Waals surface area contributed by atoms with Gasteiger partial charge in [-0.3, -0.25) is 4.79 Å². The van der Waals surface area contributed by atoms with Crippen LogP contribution in [-0.2, 0) is 10.2 Å². The van der Waals surface area contributed by atoms with E-state index in [1.807, 2.05) is 6.08 Å². The summed E-state index contributed by atoms with van der Waals surface area (Å²) in [6.07, 6.45) is 3.66. The zero-order chi connectivity index (χ0) is 18.0. The quantitative estimate of drug-likeness (QED) is 0.475. The number of hydrogen-bond acceptors (Lipinski definition) is 1. The highest BCUT2D eigenvalue weighted by Gasteiger charge is 2.59. The molecule has 2 aliphatic carbocycles. The van der Waals surface area contributed by atoms with Crippen LogP contribution in [0.5, 0.6) is 0 Å². The van der Waals surface area contributed by atoms with Crippen LogP contribution in [0, 0.1) is 11.3 Å². The van der Waals surface area contributed by atoms with Gasteiger partial charge >= 0.3 is 0 Å². The first-order chi connectivity index (χ1) is 11.9. The fraction of sp³-hybridized carbons (Fsp3) is 0.476. The molecule has 3 nitrogen and oxygen atoms in total. The number of hydrogen-bond donors (Lipinski definition) is 2. The van der Waals surface area contributed by atoms with Gasteiger partial charge in [0.1, 0.15) is 0 Å². The smallest absolute Gasteiger partial charge is 0.207 e. The molecule has 2 N–H and O–H groups in total. The van der Waals surface area contributed by atoms with E-state index < -0.39 is 0 Å². The van der Waals surface area contributed by atoms with Crippen molar-refractivity contribution in [1.29, 1.82) is 0 Å². The van der Waals surface area contributed by atoms with Gasteiger partial charge in [-0.15, -0.1) is 18.2 Å². The molecule has 1 heterocycles. The zero-order valence-corrected chi connectivity index (χ0v) is 15.7. The first-order valence-corrected chi connectivity index (χ1v) is 9.38. The van der Waals surface area contributed by atoms with Crippen molar-refractivity contribution in [3.63, 3.8) is 0 Å². The van der Waals surface area contributed by atoms with Crippen LogP contribution in [0.25, 0.3) is 10.9 Å². The molecule has 0 aliphatic heterocycles. The van der Waals surface area contributed by atoms with Crippen molar-refractivity contribution >= 4 is 28.9 Å². The molecule has 1 aromatic carbocycles. The summed E-state index contributed by atoms with van der Waals surface area (Å²) < 4.78 is 0. The summed E-state index contributed by atoms with van der Waals surface area (Å²) >= 11 is 6.84. The molecule has 2 aliphatic rings. The van der Waals surface area contributed by atoms with Crippen molar-refractivity contribution in [1.82, 2.24) is 10.3 Å². The number of aromatic amines is 1. The lowest BCUT2D eigenvalue weighted by atomic mass is 9.58.